The highest BCUT2D eigenvalue weighted by Crippen LogP contribution is 2.43. The van der Waals surface area contributed by atoms with Gasteiger partial charge in [-0.2, -0.15) is 4.98 Å². The standard InChI is InChI=1S/C18H30FN3O6P2/c1-10(2)27-15(24)11(3)21-30(5,6)26-9-12-14(23)18(4,19)16(28-12)22-8-7-13(29)20-17(22)25/h7-8,10-12,14,16,21,23H,5,9,29H2,1-4,6H3/t11-,12?,14+,16?,18+,30?/m0/s1. The van der Waals surface area contributed by atoms with Gasteiger partial charge in [-0.05, 0) is 40.4 Å². The number of hydrogen-bond acceptors (Lipinski definition) is 8. The second-order valence-electron chi connectivity index (χ2n) is 7.90. The number of ether oxygens (including phenoxy) is 2. The van der Waals surface area contributed by atoms with Gasteiger partial charge >= 0.3 is 11.7 Å². The van der Waals surface area contributed by atoms with Crippen LogP contribution in [0.2, 0.25) is 0 Å². The number of rotatable bonds is 8. The third-order valence-electron chi connectivity index (χ3n) is 4.52. The Labute approximate surface area is 177 Å². The van der Waals surface area contributed by atoms with Crippen LogP contribution in [0.5, 0.6) is 0 Å². The lowest BCUT2D eigenvalue weighted by Crippen LogP contribution is -2.43. The quantitative estimate of drug-likeness (QED) is 0.424. The van der Waals surface area contributed by atoms with E-state index >= 15 is 4.39 Å². The normalized spacial score (nSPS) is 29.6. The van der Waals surface area contributed by atoms with Gasteiger partial charge in [-0.1, -0.05) is 15.5 Å². The fourth-order valence-electron chi connectivity index (χ4n) is 3.03. The summed E-state index contributed by atoms with van der Waals surface area (Å²) in [4.78, 5) is 27.8. The molecule has 30 heavy (non-hydrogen) atoms. The molecule has 0 amide bonds. The number of halogens is 1. The summed E-state index contributed by atoms with van der Waals surface area (Å²) in [5, 5.41) is 13.4. The van der Waals surface area contributed by atoms with Gasteiger partial charge in [0.15, 0.2) is 11.9 Å². The SMILES string of the molecule is C=P(C)(N[C@@H](C)C(=O)OC(C)C)OCC1OC(n2ccc(P)nc2=O)[C@](C)(F)[C@@H]1O. The van der Waals surface area contributed by atoms with E-state index in [1.54, 1.807) is 27.4 Å². The molecule has 1 fully saturated rings. The number of hydrogen-bond donors (Lipinski definition) is 2. The molecule has 1 aliphatic rings. The van der Waals surface area contributed by atoms with Gasteiger partial charge in [-0.15, -0.1) is 0 Å². The largest absolute Gasteiger partial charge is 0.462 e. The van der Waals surface area contributed by atoms with E-state index in [1.807, 2.05) is 0 Å². The molecule has 170 valence electrons. The van der Waals surface area contributed by atoms with E-state index in [4.69, 9.17) is 14.0 Å². The minimum atomic E-state index is -2.52. The molecule has 1 aromatic heterocycles. The zero-order chi connectivity index (χ0) is 22.9. The van der Waals surface area contributed by atoms with Crippen LogP contribution in [-0.4, -0.2) is 70.2 Å². The van der Waals surface area contributed by atoms with Gasteiger partial charge in [0.05, 0.1) is 25.4 Å². The van der Waals surface area contributed by atoms with Gasteiger partial charge in [-0.25, -0.2) is 9.18 Å². The molecule has 0 aromatic carbocycles. The Kier molecular flexibility index (Phi) is 8.00. The van der Waals surface area contributed by atoms with Crippen molar-refractivity contribution in [1.29, 1.82) is 0 Å². The van der Waals surface area contributed by atoms with Crippen molar-refractivity contribution in [2.24, 2.45) is 0 Å². The summed E-state index contributed by atoms with van der Waals surface area (Å²) < 4.78 is 32.8. The van der Waals surface area contributed by atoms with Crippen molar-refractivity contribution < 1.29 is 28.3 Å². The maximum absolute atomic E-state index is 15.2. The van der Waals surface area contributed by atoms with E-state index in [-0.39, 0.29) is 12.7 Å². The second-order valence-corrected chi connectivity index (χ2v) is 11.2. The maximum Gasteiger partial charge on any atom is 0.350 e. The number of nitrogens with one attached hydrogen (secondary N) is 1. The molecule has 9 nitrogen and oxygen atoms in total. The van der Waals surface area contributed by atoms with Crippen LogP contribution in [0.4, 0.5) is 4.39 Å². The maximum atomic E-state index is 15.2. The van der Waals surface area contributed by atoms with Crippen LogP contribution in [0, 0.1) is 0 Å². The van der Waals surface area contributed by atoms with Gasteiger partial charge in [0, 0.05) is 6.20 Å². The lowest BCUT2D eigenvalue weighted by Gasteiger charge is -2.27. The topological polar surface area (TPSA) is 112 Å². The van der Waals surface area contributed by atoms with Gasteiger partial charge < -0.3 is 19.1 Å². The van der Waals surface area contributed by atoms with E-state index in [2.05, 4.69) is 25.6 Å². The molecule has 1 aromatic rings. The van der Waals surface area contributed by atoms with E-state index in [0.29, 0.717) is 5.44 Å². The highest BCUT2D eigenvalue weighted by Gasteiger charge is 2.55. The Morgan fingerprint density at radius 2 is 2.20 bits per heavy atom. The Balaban J connectivity index is 2.05. The first-order valence-electron chi connectivity index (χ1n) is 9.45. The van der Waals surface area contributed by atoms with Gasteiger partial charge in [0.1, 0.15) is 18.2 Å². The molecule has 1 saturated heterocycles. The first-order chi connectivity index (χ1) is 13.7. The minimum Gasteiger partial charge on any atom is -0.462 e. The zero-order valence-corrected chi connectivity index (χ0v) is 19.8. The Hall–Kier alpha value is -1.15. The van der Waals surface area contributed by atoms with Gasteiger partial charge in [0.2, 0.25) is 0 Å². The molecule has 12 heteroatoms. The lowest BCUT2D eigenvalue weighted by molar-refractivity contribution is -0.148. The average molecular weight is 465 g/mol. The first-order valence-corrected chi connectivity index (χ1v) is 12.4. The van der Waals surface area contributed by atoms with E-state index in [1.165, 1.54) is 12.3 Å². The second kappa shape index (κ2) is 9.55. The summed E-state index contributed by atoms with van der Waals surface area (Å²) in [5.41, 5.74) is -2.54. The minimum absolute atomic E-state index is 0.187. The molecule has 0 aliphatic carbocycles. The Morgan fingerprint density at radius 3 is 2.77 bits per heavy atom. The molecular weight excluding hydrogens is 435 g/mol. The summed E-state index contributed by atoms with van der Waals surface area (Å²) in [7, 11) is -0.243. The number of carbonyl (C=O) groups is 1. The fourth-order valence-corrected chi connectivity index (χ4v) is 4.70. The molecule has 4 unspecified atom stereocenters. The van der Waals surface area contributed by atoms with Crippen LogP contribution in [0.25, 0.3) is 0 Å². The number of nitrogens with zero attached hydrogens (tertiary/aromatic N) is 2. The molecule has 7 atom stereocenters. The van der Waals surface area contributed by atoms with E-state index in [0.717, 1.165) is 11.5 Å². The van der Waals surface area contributed by atoms with Crippen molar-refractivity contribution in [3.05, 3.63) is 22.7 Å². The summed E-state index contributed by atoms with van der Waals surface area (Å²) in [6.45, 7) is 7.78. The summed E-state index contributed by atoms with van der Waals surface area (Å²) in [5.74, 6) is -0.443. The van der Waals surface area contributed by atoms with Crippen molar-refractivity contribution >= 4 is 34.2 Å². The van der Waals surface area contributed by atoms with Crippen molar-refractivity contribution in [3.63, 3.8) is 0 Å². The van der Waals surface area contributed by atoms with Crippen LogP contribution in [0.15, 0.2) is 17.1 Å². The fraction of sp³-hybridized carbons (Fsp3) is 0.667. The first kappa shape index (κ1) is 25.1. The Morgan fingerprint density at radius 1 is 1.57 bits per heavy atom. The van der Waals surface area contributed by atoms with Crippen molar-refractivity contribution in [2.75, 3.05) is 13.3 Å². The van der Waals surface area contributed by atoms with Crippen LogP contribution in [-0.2, 0) is 18.8 Å². The number of aliphatic hydroxyl groups excluding tert-OH is 1. The third-order valence-corrected chi connectivity index (χ3v) is 6.49. The molecule has 2 N–H and O–H groups in total. The summed E-state index contributed by atoms with van der Waals surface area (Å²) in [6, 6.07) is 0.855. The number of esters is 1. The summed E-state index contributed by atoms with van der Waals surface area (Å²) >= 11 is 0. The average Bonchev–Trinajstić information content (AvgIpc) is 2.82. The van der Waals surface area contributed by atoms with E-state index in [9.17, 15) is 14.7 Å². The van der Waals surface area contributed by atoms with Crippen molar-refractivity contribution in [1.82, 2.24) is 14.6 Å². The van der Waals surface area contributed by atoms with Crippen LogP contribution >= 0.6 is 16.5 Å². The highest BCUT2D eigenvalue weighted by molar-refractivity contribution is 7.66. The molecule has 0 saturated carbocycles. The number of alkyl halides is 1. The number of aromatic nitrogens is 2. The highest BCUT2D eigenvalue weighted by atomic mass is 31.2. The van der Waals surface area contributed by atoms with Gasteiger partial charge in [-0.3, -0.25) is 14.4 Å². The molecule has 0 radical (unpaired) electrons. The smallest absolute Gasteiger partial charge is 0.350 e. The predicted octanol–water partition coefficient (Wildman–Crippen LogP) is 0.586. The van der Waals surface area contributed by atoms with Crippen molar-refractivity contribution in [2.45, 2.75) is 63.9 Å². The molecular formula is C18H30FN3O6P2. The number of carbonyl (C=O) groups excluding carboxylic acids is 1. The molecule has 0 spiro atoms. The van der Waals surface area contributed by atoms with Crippen LogP contribution in [0.1, 0.15) is 33.9 Å². The number of aliphatic hydroxyl groups is 1. The zero-order valence-electron chi connectivity index (χ0n) is 17.7. The monoisotopic (exact) mass is 465 g/mol. The predicted molar refractivity (Wildman–Crippen MR) is 117 cm³/mol. The Bertz CT molecular complexity index is 878. The van der Waals surface area contributed by atoms with Crippen LogP contribution in [0.3, 0.4) is 0 Å². The molecule has 2 rings (SSSR count). The third kappa shape index (κ3) is 5.96. The lowest BCUT2D eigenvalue weighted by atomic mass is 9.98. The van der Waals surface area contributed by atoms with Crippen LogP contribution < -0.4 is 16.2 Å². The van der Waals surface area contributed by atoms with Gasteiger partial charge in [0.25, 0.3) is 0 Å². The summed E-state index contributed by atoms with van der Waals surface area (Å²) in [6.07, 6.45) is 1.11. The van der Waals surface area contributed by atoms with E-state index < -0.39 is 49.1 Å². The molecule has 0 bridgehead atoms. The van der Waals surface area contributed by atoms with Crippen molar-refractivity contribution in [3.8, 4) is 0 Å². The molecule has 1 aliphatic heterocycles. The molecule has 2 heterocycles.